The van der Waals surface area contributed by atoms with Gasteiger partial charge in [0.1, 0.15) is 11.6 Å². The van der Waals surface area contributed by atoms with E-state index >= 15 is 0 Å². The van der Waals surface area contributed by atoms with E-state index in [0.717, 1.165) is 4.31 Å². The van der Waals surface area contributed by atoms with Gasteiger partial charge in [0.2, 0.25) is 15.9 Å². The van der Waals surface area contributed by atoms with E-state index in [1.807, 2.05) is 0 Å². The Bertz CT molecular complexity index is 1500. The number of halogens is 1. The second kappa shape index (κ2) is 9.69. The topological polar surface area (TPSA) is 102 Å². The number of nitrogens with one attached hydrogen (secondary N) is 1. The Morgan fingerprint density at radius 1 is 1.03 bits per heavy atom. The van der Waals surface area contributed by atoms with Crippen LogP contribution in [0.25, 0.3) is 22.8 Å². The fraction of sp³-hybridized carbons (Fsp3) is 0.120. The van der Waals surface area contributed by atoms with Gasteiger partial charge in [0.05, 0.1) is 35.0 Å². The molecule has 10 heteroatoms. The second-order valence-electron chi connectivity index (χ2n) is 7.66. The molecule has 0 aliphatic carbocycles. The molecule has 1 heterocycles. The first-order chi connectivity index (χ1) is 16.7. The predicted molar refractivity (Wildman–Crippen MR) is 129 cm³/mol. The van der Waals surface area contributed by atoms with Crippen LogP contribution in [0.2, 0.25) is 0 Å². The Morgan fingerprint density at radius 3 is 2.40 bits per heavy atom. The molecular formula is C25H22FN3O5S. The number of amides is 1. The van der Waals surface area contributed by atoms with Crippen LogP contribution in [-0.4, -0.2) is 44.8 Å². The number of hydrogen-bond donors (Lipinski definition) is 1. The molecule has 8 nitrogen and oxygen atoms in total. The van der Waals surface area contributed by atoms with Crippen LogP contribution in [0.1, 0.15) is 10.4 Å². The van der Waals surface area contributed by atoms with Gasteiger partial charge in [0, 0.05) is 19.7 Å². The average molecular weight is 496 g/mol. The van der Waals surface area contributed by atoms with Crippen LogP contribution < -0.4 is 10.1 Å². The summed E-state index contributed by atoms with van der Waals surface area (Å²) in [7, 11) is 0.514. The van der Waals surface area contributed by atoms with E-state index in [9.17, 15) is 17.6 Å². The zero-order valence-electron chi connectivity index (χ0n) is 19.2. The van der Waals surface area contributed by atoms with Crippen molar-refractivity contribution in [1.29, 1.82) is 0 Å². The highest BCUT2D eigenvalue weighted by molar-refractivity contribution is 7.89. The summed E-state index contributed by atoms with van der Waals surface area (Å²) in [5, 5.41) is 2.71. The molecule has 0 unspecified atom stereocenters. The summed E-state index contributed by atoms with van der Waals surface area (Å²) in [5.74, 6) is -0.363. The Morgan fingerprint density at radius 2 is 1.71 bits per heavy atom. The normalized spacial score (nSPS) is 11.5. The number of ether oxygens (including phenoxy) is 1. The lowest BCUT2D eigenvalue weighted by molar-refractivity contribution is 0.102. The van der Waals surface area contributed by atoms with Crippen LogP contribution in [0.5, 0.6) is 5.75 Å². The fourth-order valence-electron chi connectivity index (χ4n) is 3.40. The minimum Gasteiger partial charge on any atom is -0.495 e. The smallest absolute Gasteiger partial charge is 0.256 e. The van der Waals surface area contributed by atoms with Crippen LogP contribution in [0, 0.1) is 5.82 Å². The van der Waals surface area contributed by atoms with Crippen molar-refractivity contribution in [2.75, 3.05) is 26.5 Å². The first-order valence-corrected chi connectivity index (χ1v) is 11.9. The van der Waals surface area contributed by atoms with Gasteiger partial charge in [-0.2, -0.15) is 0 Å². The summed E-state index contributed by atoms with van der Waals surface area (Å²) in [6.45, 7) is 0. The Hall–Kier alpha value is -4.02. The highest BCUT2D eigenvalue weighted by atomic mass is 32.2. The van der Waals surface area contributed by atoms with Gasteiger partial charge in [0.15, 0.2) is 5.76 Å². The van der Waals surface area contributed by atoms with Crippen molar-refractivity contribution in [1.82, 2.24) is 9.29 Å². The zero-order valence-corrected chi connectivity index (χ0v) is 20.0. The van der Waals surface area contributed by atoms with Crippen molar-refractivity contribution < 1.29 is 26.8 Å². The summed E-state index contributed by atoms with van der Waals surface area (Å²) in [4.78, 5) is 17.5. The number of carbonyl (C=O) groups excluding carboxylic acids is 1. The molecule has 0 bridgehead atoms. The number of nitrogens with zero attached hydrogens (tertiary/aromatic N) is 2. The number of sulfonamides is 1. The molecule has 0 saturated carbocycles. The third kappa shape index (κ3) is 4.79. The highest BCUT2D eigenvalue weighted by Crippen LogP contribution is 2.32. The Kier molecular flexibility index (Phi) is 6.68. The molecule has 0 saturated heterocycles. The summed E-state index contributed by atoms with van der Waals surface area (Å²) in [6, 6.07) is 16.9. The lowest BCUT2D eigenvalue weighted by Gasteiger charge is -2.15. The number of aromatic nitrogens is 1. The number of hydrogen-bond acceptors (Lipinski definition) is 6. The average Bonchev–Trinajstić information content (AvgIpc) is 3.34. The SMILES string of the molecule is COc1ccc(S(=O)(=O)N(C)C)cc1NC(=O)c1ccccc1-c1ncc(-c2ccccc2F)o1. The molecule has 4 aromatic rings. The van der Waals surface area contributed by atoms with Crippen molar-refractivity contribution in [2.24, 2.45) is 0 Å². The minimum absolute atomic E-state index is 0.00545. The van der Waals surface area contributed by atoms with Crippen LogP contribution in [0.4, 0.5) is 10.1 Å². The summed E-state index contributed by atoms with van der Waals surface area (Å²) in [6.07, 6.45) is 1.39. The molecule has 0 aliphatic heterocycles. The van der Waals surface area contributed by atoms with Gasteiger partial charge < -0.3 is 14.5 Å². The first-order valence-electron chi connectivity index (χ1n) is 10.4. The third-order valence-corrected chi connectivity index (χ3v) is 7.06. The quantitative estimate of drug-likeness (QED) is 0.400. The van der Waals surface area contributed by atoms with Crippen molar-refractivity contribution in [3.63, 3.8) is 0 Å². The third-order valence-electron chi connectivity index (χ3n) is 5.24. The largest absolute Gasteiger partial charge is 0.495 e. The van der Waals surface area contributed by atoms with E-state index in [1.54, 1.807) is 42.5 Å². The highest BCUT2D eigenvalue weighted by Gasteiger charge is 2.22. The first kappa shape index (κ1) is 24.1. The second-order valence-corrected chi connectivity index (χ2v) is 9.81. The fourth-order valence-corrected chi connectivity index (χ4v) is 4.33. The van der Waals surface area contributed by atoms with Crippen molar-refractivity contribution in [3.8, 4) is 28.5 Å². The van der Waals surface area contributed by atoms with Gasteiger partial charge in [-0.1, -0.05) is 24.3 Å². The standard InChI is InChI=1S/C25H22FN3O5S/c1-29(2)35(31,32)16-12-13-22(33-3)21(14-16)28-24(30)17-8-4-5-9-18(17)25-27-15-23(34-25)19-10-6-7-11-20(19)26/h4-15H,1-3H3,(H,28,30). The molecule has 0 aliphatic rings. The van der Waals surface area contributed by atoms with Gasteiger partial charge in [-0.3, -0.25) is 4.79 Å². The molecule has 35 heavy (non-hydrogen) atoms. The van der Waals surface area contributed by atoms with Gasteiger partial charge >= 0.3 is 0 Å². The summed E-state index contributed by atoms with van der Waals surface area (Å²) in [5.41, 5.74) is 1.02. The molecule has 1 amide bonds. The molecular weight excluding hydrogens is 473 g/mol. The Labute approximate surface area is 202 Å². The maximum atomic E-state index is 14.2. The van der Waals surface area contributed by atoms with Gasteiger partial charge in [0.25, 0.3) is 5.91 Å². The van der Waals surface area contributed by atoms with Crippen molar-refractivity contribution >= 4 is 21.6 Å². The maximum Gasteiger partial charge on any atom is 0.256 e. The summed E-state index contributed by atoms with van der Waals surface area (Å²) >= 11 is 0. The van der Waals surface area contributed by atoms with E-state index in [0.29, 0.717) is 5.56 Å². The maximum absolute atomic E-state index is 14.2. The van der Waals surface area contributed by atoms with E-state index in [1.165, 1.54) is 51.7 Å². The zero-order chi connectivity index (χ0) is 25.2. The molecule has 180 valence electrons. The molecule has 1 aromatic heterocycles. The lowest BCUT2D eigenvalue weighted by Crippen LogP contribution is -2.22. The number of benzene rings is 3. The number of anilines is 1. The lowest BCUT2D eigenvalue weighted by atomic mass is 10.1. The van der Waals surface area contributed by atoms with Crippen molar-refractivity contribution in [3.05, 3.63) is 84.3 Å². The van der Waals surface area contributed by atoms with Gasteiger partial charge in [-0.15, -0.1) is 0 Å². The molecule has 0 fully saturated rings. The molecule has 3 aromatic carbocycles. The van der Waals surface area contributed by atoms with Crippen LogP contribution in [0.15, 0.2) is 82.2 Å². The number of carbonyl (C=O) groups is 1. The van der Waals surface area contributed by atoms with Gasteiger partial charge in [-0.05, 0) is 42.5 Å². The van der Waals surface area contributed by atoms with Crippen molar-refractivity contribution in [2.45, 2.75) is 4.90 Å². The molecule has 1 N–H and O–H groups in total. The van der Waals surface area contributed by atoms with Crippen LogP contribution in [-0.2, 0) is 10.0 Å². The predicted octanol–water partition coefficient (Wildman–Crippen LogP) is 4.66. The number of oxazole rings is 1. The molecule has 0 spiro atoms. The van der Waals surface area contributed by atoms with E-state index < -0.39 is 21.7 Å². The van der Waals surface area contributed by atoms with Crippen LogP contribution >= 0.6 is 0 Å². The molecule has 0 radical (unpaired) electrons. The Balaban J connectivity index is 1.69. The van der Waals surface area contributed by atoms with E-state index in [2.05, 4.69) is 10.3 Å². The number of rotatable bonds is 7. The number of methoxy groups -OCH3 is 1. The van der Waals surface area contributed by atoms with Gasteiger partial charge in [-0.25, -0.2) is 22.1 Å². The molecule has 0 atom stereocenters. The van der Waals surface area contributed by atoms with E-state index in [4.69, 9.17) is 9.15 Å². The van der Waals surface area contributed by atoms with E-state index in [-0.39, 0.29) is 39.1 Å². The summed E-state index contributed by atoms with van der Waals surface area (Å²) < 4.78 is 51.4. The minimum atomic E-state index is -3.73. The monoisotopic (exact) mass is 495 g/mol. The van der Waals surface area contributed by atoms with Crippen LogP contribution in [0.3, 0.4) is 0 Å². The molecule has 4 rings (SSSR count).